The number of fused-ring (bicyclic) bond motifs is 1. The van der Waals surface area contributed by atoms with Crippen LogP contribution in [0.2, 0.25) is 0 Å². The predicted octanol–water partition coefficient (Wildman–Crippen LogP) is 3.32. The van der Waals surface area contributed by atoms with E-state index in [0.29, 0.717) is 11.1 Å². The highest BCUT2D eigenvalue weighted by molar-refractivity contribution is 6.05. The zero-order valence-corrected chi connectivity index (χ0v) is 11.8. The van der Waals surface area contributed by atoms with E-state index in [4.69, 9.17) is 10.6 Å². The van der Waals surface area contributed by atoms with Crippen molar-refractivity contribution >= 4 is 22.6 Å². The molecule has 0 amide bonds. The number of hydrogen-bond donors (Lipinski definition) is 1. The van der Waals surface area contributed by atoms with Crippen molar-refractivity contribution in [3.05, 3.63) is 83.9 Å². The molecule has 0 aromatic heterocycles. The van der Waals surface area contributed by atoms with Gasteiger partial charge in [-0.15, -0.1) is 0 Å². The van der Waals surface area contributed by atoms with Crippen molar-refractivity contribution in [1.82, 2.24) is 0 Å². The first kappa shape index (κ1) is 13.8. The molecule has 0 aliphatic heterocycles. The zero-order chi connectivity index (χ0) is 15.4. The molecule has 0 bridgehead atoms. The van der Waals surface area contributed by atoms with Gasteiger partial charge in [0.05, 0.1) is 5.56 Å². The molecule has 22 heavy (non-hydrogen) atoms. The zero-order valence-electron chi connectivity index (χ0n) is 11.8. The van der Waals surface area contributed by atoms with Crippen LogP contribution < -0.4 is 5.73 Å². The predicted molar refractivity (Wildman–Crippen MR) is 86.5 cm³/mol. The third kappa shape index (κ3) is 2.81. The Morgan fingerprint density at radius 3 is 2.36 bits per heavy atom. The Labute approximate surface area is 127 Å². The van der Waals surface area contributed by atoms with E-state index in [0.717, 1.165) is 10.8 Å². The maximum atomic E-state index is 12.2. The molecule has 0 saturated carbocycles. The molecule has 0 aliphatic carbocycles. The van der Waals surface area contributed by atoms with Crippen LogP contribution in [0.3, 0.4) is 0 Å². The minimum absolute atomic E-state index is 0.161. The van der Waals surface area contributed by atoms with Crippen molar-refractivity contribution in [3.63, 3.8) is 0 Å². The molecule has 0 aliphatic rings. The highest BCUT2D eigenvalue weighted by Gasteiger charge is 2.11. The Kier molecular flexibility index (Phi) is 3.83. The summed E-state index contributed by atoms with van der Waals surface area (Å²) in [5.74, 6) is -0.370. The number of hydrogen-bond acceptors (Lipinski definition) is 3. The summed E-state index contributed by atoms with van der Waals surface area (Å²) in [6.07, 6.45) is 0. The fraction of sp³-hybridized carbons (Fsp3) is 0. The van der Waals surface area contributed by atoms with Crippen molar-refractivity contribution in [3.8, 4) is 0 Å². The second-order valence-electron chi connectivity index (χ2n) is 4.75. The molecule has 4 heteroatoms. The van der Waals surface area contributed by atoms with Gasteiger partial charge in [-0.25, -0.2) is 4.79 Å². The Hall–Kier alpha value is -3.14. The van der Waals surface area contributed by atoms with Crippen LogP contribution >= 0.6 is 0 Å². The van der Waals surface area contributed by atoms with Gasteiger partial charge < -0.3 is 10.6 Å². The molecule has 3 aromatic rings. The van der Waals surface area contributed by atoms with Gasteiger partial charge in [0, 0.05) is 5.56 Å². The Balaban J connectivity index is 1.85. The second-order valence-corrected chi connectivity index (χ2v) is 4.75. The van der Waals surface area contributed by atoms with Crippen molar-refractivity contribution in [1.29, 1.82) is 0 Å². The fourth-order valence-corrected chi connectivity index (χ4v) is 2.20. The van der Waals surface area contributed by atoms with E-state index in [9.17, 15) is 4.79 Å². The average Bonchev–Trinajstić information content (AvgIpc) is 2.59. The van der Waals surface area contributed by atoms with Gasteiger partial charge in [-0.3, -0.25) is 0 Å². The Morgan fingerprint density at radius 1 is 0.864 bits per heavy atom. The number of amidine groups is 1. The Bertz CT molecular complexity index is 837. The van der Waals surface area contributed by atoms with Crippen LogP contribution in [0.4, 0.5) is 0 Å². The number of oxime groups is 1. The molecule has 0 unspecified atom stereocenters. The number of rotatable bonds is 3. The van der Waals surface area contributed by atoms with Gasteiger partial charge in [-0.1, -0.05) is 71.9 Å². The maximum Gasteiger partial charge on any atom is 0.366 e. The lowest BCUT2D eigenvalue weighted by Gasteiger charge is -2.04. The first-order valence-corrected chi connectivity index (χ1v) is 6.84. The number of carbonyl (C=O) groups is 1. The molecule has 3 rings (SSSR count). The van der Waals surface area contributed by atoms with Gasteiger partial charge in [-0.05, 0) is 16.8 Å². The first-order chi connectivity index (χ1) is 10.8. The summed E-state index contributed by atoms with van der Waals surface area (Å²) < 4.78 is 0. The smallest absolute Gasteiger partial charge is 0.366 e. The molecule has 0 spiro atoms. The second kappa shape index (κ2) is 6.10. The lowest BCUT2D eigenvalue weighted by molar-refractivity contribution is 0.0518. The molecule has 2 N–H and O–H groups in total. The van der Waals surface area contributed by atoms with Crippen molar-refractivity contribution < 1.29 is 9.63 Å². The average molecular weight is 290 g/mol. The van der Waals surface area contributed by atoms with E-state index in [1.807, 2.05) is 54.6 Å². The van der Waals surface area contributed by atoms with E-state index < -0.39 is 5.97 Å². The number of carbonyl (C=O) groups excluding carboxylic acids is 1. The normalized spacial score (nSPS) is 11.4. The SMILES string of the molecule is N/C(=N/OC(=O)c1cccc2ccccc12)c1ccccc1. The lowest BCUT2D eigenvalue weighted by atomic mass is 10.1. The van der Waals surface area contributed by atoms with Crippen molar-refractivity contribution in [2.45, 2.75) is 0 Å². The van der Waals surface area contributed by atoms with Crippen LogP contribution in [-0.4, -0.2) is 11.8 Å². The topological polar surface area (TPSA) is 64.7 Å². The molecular formula is C18H14N2O2. The summed E-state index contributed by atoms with van der Waals surface area (Å²) in [4.78, 5) is 17.2. The third-order valence-corrected chi connectivity index (χ3v) is 3.31. The number of nitrogens with two attached hydrogens (primary N) is 1. The molecule has 0 atom stereocenters. The van der Waals surface area contributed by atoms with Crippen LogP contribution in [-0.2, 0) is 4.84 Å². The van der Waals surface area contributed by atoms with Crippen LogP contribution in [0.5, 0.6) is 0 Å². The van der Waals surface area contributed by atoms with Crippen LogP contribution in [0.25, 0.3) is 10.8 Å². The largest absolute Gasteiger partial charge is 0.380 e. The molecule has 0 heterocycles. The van der Waals surface area contributed by atoms with Crippen molar-refractivity contribution in [2.75, 3.05) is 0 Å². The molecule has 0 fully saturated rings. The van der Waals surface area contributed by atoms with E-state index in [1.165, 1.54) is 0 Å². The molecular weight excluding hydrogens is 276 g/mol. The lowest BCUT2D eigenvalue weighted by Crippen LogP contribution is -2.15. The highest BCUT2D eigenvalue weighted by atomic mass is 16.7. The van der Waals surface area contributed by atoms with Gasteiger partial charge in [0.2, 0.25) is 0 Å². The van der Waals surface area contributed by atoms with E-state index in [1.54, 1.807) is 18.2 Å². The molecule has 4 nitrogen and oxygen atoms in total. The highest BCUT2D eigenvalue weighted by Crippen LogP contribution is 2.19. The molecule has 0 radical (unpaired) electrons. The Morgan fingerprint density at radius 2 is 1.55 bits per heavy atom. The number of benzene rings is 3. The van der Waals surface area contributed by atoms with Gasteiger partial charge in [0.15, 0.2) is 5.84 Å². The van der Waals surface area contributed by atoms with Gasteiger partial charge in [-0.2, -0.15) is 0 Å². The minimum Gasteiger partial charge on any atom is -0.380 e. The first-order valence-electron chi connectivity index (χ1n) is 6.84. The maximum absolute atomic E-state index is 12.2. The summed E-state index contributed by atoms with van der Waals surface area (Å²) >= 11 is 0. The van der Waals surface area contributed by atoms with E-state index in [-0.39, 0.29) is 5.84 Å². The van der Waals surface area contributed by atoms with Gasteiger partial charge in [0.1, 0.15) is 0 Å². The molecule has 3 aromatic carbocycles. The van der Waals surface area contributed by atoms with Gasteiger partial charge in [0.25, 0.3) is 0 Å². The minimum atomic E-state index is -0.532. The fourth-order valence-electron chi connectivity index (χ4n) is 2.20. The summed E-state index contributed by atoms with van der Waals surface area (Å²) in [7, 11) is 0. The van der Waals surface area contributed by atoms with Crippen LogP contribution in [0.15, 0.2) is 78.0 Å². The van der Waals surface area contributed by atoms with Crippen LogP contribution in [0, 0.1) is 0 Å². The summed E-state index contributed by atoms with van der Waals surface area (Å²) in [5.41, 5.74) is 6.97. The summed E-state index contributed by atoms with van der Waals surface area (Å²) in [6, 6.07) is 22.2. The monoisotopic (exact) mass is 290 g/mol. The third-order valence-electron chi connectivity index (χ3n) is 3.31. The standard InChI is InChI=1S/C18H14N2O2/c19-17(14-8-2-1-3-9-14)20-22-18(21)16-12-6-10-13-7-4-5-11-15(13)16/h1-12H,(H2,19,20). The summed E-state index contributed by atoms with van der Waals surface area (Å²) in [5, 5.41) is 5.51. The van der Waals surface area contributed by atoms with Crippen LogP contribution in [0.1, 0.15) is 15.9 Å². The molecule has 0 saturated heterocycles. The van der Waals surface area contributed by atoms with Gasteiger partial charge >= 0.3 is 5.97 Å². The molecule has 108 valence electrons. The quantitative estimate of drug-likeness (QED) is 0.348. The van der Waals surface area contributed by atoms with E-state index in [2.05, 4.69) is 5.16 Å². The number of nitrogens with zero attached hydrogens (tertiary/aromatic N) is 1. The van der Waals surface area contributed by atoms with Crippen molar-refractivity contribution in [2.24, 2.45) is 10.9 Å². The van der Waals surface area contributed by atoms with E-state index >= 15 is 0 Å². The summed E-state index contributed by atoms with van der Waals surface area (Å²) in [6.45, 7) is 0.